The van der Waals surface area contributed by atoms with E-state index in [2.05, 4.69) is 0 Å². The Bertz CT molecular complexity index is 194. The monoisotopic (exact) mass is 127 g/mol. The number of nitrogens with one attached hydrogen (secondary N) is 1. The molecule has 0 bridgehead atoms. The van der Waals surface area contributed by atoms with Crippen molar-refractivity contribution in [3.8, 4) is 0 Å². The molecule has 2 N–H and O–H groups in total. The number of carbonyl (C=O) groups is 2. The van der Waals surface area contributed by atoms with Gasteiger partial charge in [-0.1, -0.05) is 0 Å². The molecule has 1 rings (SSSR count). The van der Waals surface area contributed by atoms with E-state index in [1.54, 1.807) is 0 Å². The van der Waals surface area contributed by atoms with Crippen molar-refractivity contribution in [3.05, 3.63) is 11.8 Å². The first-order valence-electron chi connectivity index (χ1n) is 2.41. The molecule has 1 aliphatic heterocycles. The lowest BCUT2D eigenvalue weighted by molar-refractivity contribution is -0.124. The van der Waals surface area contributed by atoms with Crippen LogP contribution in [0.4, 0.5) is 0 Å². The quantitative estimate of drug-likeness (QED) is 0.261. The number of aliphatic hydroxyl groups excluding tert-OH is 1. The predicted octanol–water partition coefficient (Wildman–Crippen LogP) is -0.525. The molecule has 0 aromatic heterocycles. The topological polar surface area (TPSA) is 66.4 Å². The summed E-state index contributed by atoms with van der Waals surface area (Å²) >= 11 is 0. The molecule has 1 fully saturated rings. The minimum Gasteiger partial charge on any atom is -0.515 e. The Morgan fingerprint density at radius 3 is 2.44 bits per heavy atom. The van der Waals surface area contributed by atoms with Crippen LogP contribution < -0.4 is 5.32 Å². The van der Waals surface area contributed by atoms with Crippen LogP contribution in [0.25, 0.3) is 0 Å². The maximum atomic E-state index is 10.5. The first-order valence-corrected chi connectivity index (χ1v) is 2.41. The third-order valence-corrected chi connectivity index (χ3v) is 1.05. The van der Waals surface area contributed by atoms with Gasteiger partial charge in [0.2, 0.25) is 5.91 Å². The van der Waals surface area contributed by atoms with Crippen molar-refractivity contribution in [1.29, 1.82) is 0 Å². The summed E-state index contributed by atoms with van der Waals surface area (Å²) in [6, 6.07) is 0. The van der Waals surface area contributed by atoms with Gasteiger partial charge in [-0.3, -0.25) is 14.9 Å². The lowest BCUT2D eigenvalue weighted by atomic mass is 10.2. The summed E-state index contributed by atoms with van der Waals surface area (Å²) in [6.45, 7) is 0. The lowest BCUT2D eigenvalue weighted by Crippen LogP contribution is -2.19. The van der Waals surface area contributed by atoms with Gasteiger partial charge in [0.1, 0.15) is 0 Å². The molecule has 1 aliphatic rings. The molecule has 4 nitrogen and oxygen atoms in total. The van der Waals surface area contributed by atoms with E-state index in [9.17, 15) is 9.59 Å². The largest absolute Gasteiger partial charge is 0.515 e. The van der Waals surface area contributed by atoms with Gasteiger partial charge in [0.05, 0.1) is 18.3 Å². The van der Waals surface area contributed by atoms with Crippen LogP contribution in [0.3, 0.4) is 0 Å². The third kappa shape index (κ3) is 0.910. The van der Waals surface area contributed by atoms with Crippen molar-refractivity contribution >= 4 is 11.8 Å². The molecule has 0 spiro atoms. The highest BCUT2D eigenvalue weighted by atomic mass is 16.2. The second kappa shape index (κ2) is 1.89. The minimum atomic E-state index is -0.498. The average molecular weight is 127 g/mol. The number of aliphatic hydroxyl groups is 1. The van der Waals surface area contributed by atoms with Crippen molar-refractivity contribution in [2.24, 2.45) is 0 Å². The van der Waals surface area contributed by atoms with Crippen LogP contribution in [-0.4, -0.2) is 16.9 Å². The Hall–Kier alpha value is -1.32. The van der Waals surface area contributed by atoms with Crippen LogP contribution in [0, 0.1) is 0 Å². The molecule has 1 heterocycles. The van der Waals surface area contributed by atoms with Crippen molar-refractivity contribution < 1.29 is 14.7 Å². The van der Waals surface area contributed by atoms with Gasteiger partial charge in [-0.25, -0.2) is 0 Å². The summed E-state index contributed by atoms with van der Waals surface area (Å²) in [5.74, 6) is -0.859. The van der Waals surface area contributed by atoms with E-state index in [4.69, 9.17) is 5.11 Å². The second-order valence-corrected chi connectivity index (χ2v) is 1.71. The molecule has 0 aromatic rings. The molecular weight excluding hydrogens is 122 g/mol. The standard InChI is InChI=1S/C5H5NO3/c7-2-3-1-4(8)6-5(3)9/h2,7H,1H2,(H,6,8,9)/b3-2+. The summed E-state index contributed by atoms with van der Waals surface area (Å²) in [6.07, 6.45) is 0.648. The number of carbonyl (C=O) groups excluding carboxylic acids is 2. The predicted molar refractivity (Wildman–Crippen MR) is 28.5 cm³/mol. The summed E-state index contributed by atoms with van der Waals surface area (Å²) < 4.78 is 0. The minimum absolute atomic E-state index is 0.00463. The van der Waals surface area contributed by atoms with Crippen molar-refractivity contribution in [2.75, 3.05) is 0 Å². The highest BCUT2D eigenvalue weighted by Gasteiger charge is 2.23. The average Bonchev–Trinajstić information content (AvgIpc) is 2.10. The van der Waals surface area contributed by atoms with Crippen LogP contribution in [-0.2, 0) is 9.59 Å². The van der Waals surface area contributed by atoms with Gasteiger partial charge >= 0.3 is 0 Å². The van der Waals surface area contributed by atoms with Crippen LogP contribution >= 0.6 is 0 Å². The van der Waals surface area contributed by atoms with Gasteiger partial charge in [-0.15, -0.1) is 0 Å². The molecule has 4 heteroatoms. The summed E-state index contributed by atoms with van der Waals surface area (Å²) in [7, 11) is 0. The van der Waals surface area contributed by atoms with E-state index < -0.39 is 5.91 Å². The van der Waals surface area contributed by atoms with Gasteiger partial charge in [-0.2, -0.15) is 0 Å². The van der Waals surface area contributed by atoms with Crippen molar-refractivity contribution in [1.82, 2.24) is 5.32 Å². The zero-order chi connectivity index (χ0) is 6.85. The van der Waals surface area contributed by atoms with Gasteiger partial charge in [0, 0.05) is 0 Å². The molecule has 0 aliphatic carbocycles. The molecule has 2 amide bonds. The number of imide groups is 1. The highest BCUT2D eigenvalue weighted by Crippen LogP contribution is 2.06. The fourth-order valence-corrected chi connectivity index (χ4v) is 0.609. The van der Waals surface area contributed by atoms with Gasteiger partial charge in [-0.05, 0) is 0 Å². The lowest BCUT2D eigenvalue weighted by Gasteiger charge is -1.82. The Labute approximate surface area is 51.2 Å². The van der Waals surface area contributed by atoms with E-state index in [-0.39, 0.29) is 17.9 Å². The Kier molecular flexibility index (Phi) is 1.22. The summed E-state index contributed by atoms with van der Waals surface area (Å²) in [4.78, 5) is 20.8. The van der Waals surface area contributed by atoms with Crippen molar-refractivity contribution in [2.45, 2.75) is 6.42 Å². The van der Waals surface area contributed by atoms with E-state index in [1.807, 2.05) is 5.32 Å². The normalized spacial score (nSPS) is 22.9. The van der Waals surface area contributed by atoms with Crippen LogP contribution in [0.5, 0.6) is 0 Å². The van der Waals surface area contributed by atoms with Crippen molar-refractivity contribution in [3.63, 3.8) is 0 Å². The number of amides is 2. The fourth-order valence-electron chi connectivity index (χ4n) is 0.609. The van der Waals surface area contributed by atoms with Gasteiger partial charge in [0.25, 0.3) is 5.91 Å². The Balaban J connectivity index is 2.81. The van der Waals surface area contributed by atoms with Crippen LogP contribution in [0.2, 0.25) is 0 Å². The number of rotatable bonds is 0. The number of hydrogen-bond donors (Lipinski definition) is 2. The zero-order valence-corrected chi connectivity index (χ0v) is 4.55. The molecule has 0 saturated carbocycles. The van der Waals surface area contributed by atoms with Gasteiger partial charge < -0.3 is 5.11 Å². The first-order chi connectivity index (χ1) is 4.24. The molecule has 48 valence electrons. The summed E-state index contributed by atoms with van der Waals surface area (Å²) in [5, 5.41) is 10.3. The maximum Gasteiger partial charge on any atom is 0.257 e. The fraction of sp³-hybridized carbons (Fsp3) is 0.200. The highest BCUT2D eigenvalue weighted by molar-refractivity contribution is 6.13. The van der Waals surface area contributed by atoms with E-state index in [0.717, 1.165) is 0 Å². The van der Waals surface area contributed by atoms with E-state index in [0.29, 0.717) is 6.26 Å². The van der Waals surface area contributed by atoms with Crippen LogP contribution in [0.15, 0.2) is 11.8 Å². The third-order valence-electron chi connectivity index (χ3n) is 1.05. The first kappa shape index (κ1) is 5.81. The number of hydrogen-bond acceptors (Lipinski definition) is 3. The molecule has 0 aromatic carbocycles. The van der Waals surface area contributed by atoms with E-state index in [1.165, 1.54) is 0 Å². The molecule has 0 radical (unpaired) electrons. The zero-order valence-electron chi connectivity index (χ0n) is 4.55. The van der Waals surface area contributed by atoms with E-state index >= 15 is 0 Å². The van der Waals surface area contributed by atoms with Gasteiger partial charge in [0.15, 0.2) is 0 Å². The Morgan fingerprint density at radius 1 is 1.56 bits per heavy atom. The molecule has 0 atom stereocenters. The smallest absolute Gasteiger partial charge is 0.257 e. The Morgan fingerprint density at radius 2 is 2.22 bits per heavy atom. The summed E-state index contributed by atoms with van der Waals surface area (Å²) in [5.41, 5.74) is 0.125. The molecular formula is C5H5NO3. The SMILES string of the molecule is O=C1C/C(=C\O)C(=O)N1. The van der Waals surface area contributed by atoms with Crippen LogP contribution in [0.1, 0.15) is 6.42 Å². The second-order valence-electron chi connectivity index (χ2n) is 1.71. The molecule has 9 heavy (non-hydrogen) atoms. The molecule has 1 saturated heterocycles. The molecule has 0 unspecified atom stereocenters. The maximum absolute atomic E-state index is 10.5.